The first-order chi connectivity index (χ1) is 8.02. The molecule has 2 aromatic carbocycles. The number of aryl methyl sites for hydroxylation is 1. The lowest BCUT2D eigenvalue weighted by atomic mass is 10.0. The molecule has 0 aliphatic rings. The van der Waals surface area contributed by atoms with E-state index in [0.29, 0.717) is 12.0 Å². The van der Waals surface area contributed by atoms with Crippen molar-refractivity contribution in [2.45, 2.75) is 24.7 Å². The minimum atomic E-state index is -4.15. The monoisotopic (exact) mass is 250 g/mol. The maximum absolute atomic E-state index is 11.3. The fourth-order valence-electron chi connectivity index (χ4n) is 1.97. The molecule has 0 saturated heterocycles. The summed E-state index contributed by atoms with van der Waals surface area (Å²) in [5.74, 6) is 0. The quantitative estimate of drug-likeness (QED) is 0.852. The molecule has 0 aliphatic heterocycles. The predicted molar refractivity (Wildman–Crippen MR) is 67.8 cm³/mol. The van der Waals surface area contributed by atoms with Crippen LogP contribution in [0.1, 0.15) is 18.9 Å². The van der Waals surface area contributed by atoms with Crippen molar-refractivity contribution in [1.82, 2.24) is 0 Å². The smallest absolute Gasteiger partial charge is 0.282 e. The topological polar surface area (TPSA) is 54.4 Å². The molecule has 90 valence electrons. The summed E-state index contributed by atoms with van der Waals surface area (Å²) in [6.45, 7) is 1.98. The molecule has 1 N–H and O–H groups in total. The summed E-state index contributed by atoms with van der Waals surface area (Å²) in [5.41, 5.74) is 0.675. The summed E-state index contributed by atoms with van der Waals surface area (Å²) < 4.78 is 31.9. The van der Waals surface area contributed by atoms with Gasteiger partial charge in [0.25, 0.3) is 10.1 Å². The fraction of sp³-hybridized carbons (Fsp3) is 0.231. The average Bonchev–Trinajstić information content (AvgIpc) is 2.27. The van der Waals surface area contributed by atoms with Crippen molar-refractivity contribution >= 4 is 20.9 Å². The Balaban J connectivity index is 2.75. The zero-order chi connectivity index (χ0) is 12.5. The first-order valence-electron chi connectivity index (χ1n) is 5.51. The molecule has 0 heterocycles. The van der Waals surface area contributed by atoms with E-state index in [4.69, 9.17) is 0 Å². The number of hydrogen-bond acceptors (Lipinski definition) is 2. The maximum atomic E-state index is 11.3. The second-order valence-electron chi connectivity index (χ2n) is 4.03. The lowest BCUT2D eigenvalue weighted by molar-refractivity contribution is 0.482. The van der Waals surface area contributed by atoms with Crippen molar-refractivity contribution in [2.75, 3.05) is 0 Å². The van der Waals surface area contributed by atoms with Crippen LogP contribution in [0.15, 0.2) is 41.3 Å². The highest BCUT2D eigenvalue weighted by Crippen LogP contribution is 2.24. The van der Waals surface area contributed by atoms with Gasteiger partial charge in [0.05, 0.1) is 4.90 Å². The van der Waals surface area contributed by atoms with Crippen molar-refractivity contribution < 1.29 is 13.0 Å². The van der Waals surface area contributed by atoms with E-state index in [1.165, 1.54) is 6.07 Å². The van der Waals surface area contributed by atoms with Crippen LogP contribution in [-0.4, -0.2) is 13.0 Å². The van der Waals surface area contributed by atoms with Crippen LogP contribution in [-0.2, 0) is 16.5 Å². The summed E-state index contributed by atoms with van der Waals surface area (Å²) in [6, 6.07) is 10.9. The Hall–Kier alpha value is -1.39. The van der Waals surface area contributed by atoms with E-state index in [2.05, 4.69) is 0 Å². The van der Waals surface area contributed by atoms with Crippen LogP contribution in [0.3, 0.4) is 0 Å². The van der Waals surface area contributed by atoms with E-state index in [1.807, 2.05) is 37.3 Å². The van der Waals surface area contributed by atoms with Gasteiger partial charge in [-0.2, -0.15) is 8.42 Å². The molecule has 3 nitrogen and oxygen atoms in total. The van der Waals surface area contributed by atoms with Crippen LogP contribution < -0.4 is 0 Å². The van der Waals surface area contributed by atoms with Gasteiger partial charge in [-0.3, -0.25) is 4.55 Å². The molecule has 17 heavy (non-hydrogen) atoms. The first kappa shape index (κ1) is 12.1. The fourth-order valence-corrected chi connectivity index (χ4v) is 2.74. The number of fused-ring (bicyclic) bond motifs is 1. The summed E-state index contributed by atoms with van der Waals surface area (Å²) in [5, 5.41) is 1.81. The Kier molecular flexibility index (Phi) is 3.17. The number of rotatable bonds is 3. The van der Waals surface area contributed by atoms with Gasteiger partial charge in [-0.25, -0.2) is 0 Å². The molecule has 0 spiro atoms. The van der Waals surface area contributed by atoms with E-state index in [-0.39, 0.29) is 4.90 Å². The third kappa shape index (κ3) is 2.48. The van der Waals surface area contributed by atoms with Gasteiger partial charge >= 0.3 is 0 Å². The van der Waals surface area contributed by atoms with Gasteiger partial charge in [0.2, 0.25) is 0 Å². The first-order valence-corrected chi connectivity index (χ1v) is 6.95. The molecule has 4 heteroatoms. The van der Waals surface area contributed by atoms with E-state index >= 15 is 0 Å². The zero-order valence-electron chi connectivity index (χ0n) is 9.55. The summed E-state index contributed by atoms with van der Waals surface area (Å²) in [6.07, 6.45) is 1.47. The highest BCUT2D eigenvalue weighted by Gasteiger charge is 2.15. The summed E-state index contributed by atoms with van der Waals surface area (Å²) in [4.78, 5) is 0.0260. The van der Waals surface area contributed by atoms with Crippen molar-refractivity contribution in [2.24, 2.45) is 0 Å². The molecular weight excluding hydrogens is 236 g/mol. The Labute approximate surface area is 101 Å². The predicted octanol–water partition coefficient (Wildman–Crippen LogP) is 3.04. The lowest BCUT2D eigenvalue weighted by Gasteiger charge is -2.08. The molecule has 0 aromatic heterocycles. The van der Waals surface area contributed by atoms with Crippen molar-refractivity contribution in [1.29, 1.82) is 0 Å². The van der Waals surface area contributed by atoms with Gasteiger partial charge in [-0.05, 0) is 34.9 Å². The minimum Gasteiger partial charge on any atom is -0.282 e. The molecule has 0 fully saturated rings. The van der Waals surface area contributed by atoms with Crippen LogP contribution in [0.4, 0.5) is 0 Å². The van der Waals surface area contributed by atoms with E-state index < -0.39 is 10.1 Å². The average molecular weight is 250 g/mol. The second-order valence-corrected chi connectivity index (χ2v) is 5.42. The normalized spacial score (nSPS) is 11.9. The van der Waals surface area contributed by atoms with Crippen LogP contribution >= 0.6 is 0 Å². The standard InChI is InChI=1S/C13H14O3S/c1-2-5-12-8-10-6-3-4-7-11(10)9-13(12)17(14,15)16/h3-4,6-9H,2,5H2,1H3,(H,14,15,16). The highest BCUT2D eigenvalue weighted by molar-refractivity contribution is 7.85. The SMILES string of the molecule is CCCc1cc2ccccc2cc1S(=O)(=O)O. The second kappa shape index (κ2) is 4.47. The molecular formula is C13H14O3S. The number of hydrogen-bond donors (Lipinski definition) is 1. The maximum Gasteiger partial charge on any atom is 0.294 e. The highest BCUT2D eigenvalue weighted by atomic mass is 32.2. The molecule has 0 atom stereocenters. The Bertz CT molecular complexity index is 645. The molecule has 0 aliphatic carbocycles. The van der Waals surface area contributed by atoms with E-state index in [9.17, 15) is 13.0 Å². The molecule has 2 aromatic rings. The zero-order valence-corrected chi connectivity index (χ0v) is 10.4. The van der Waals surface area contributed by atoms with Gasteiger partial charge in [0, 0.05) is 0 Å². The van der Waals surface area contributed by atoms with Crippen LogP contribution in [0.25, 0.3) is 10.8 Å². The van der Waals surface area contributed by atoms with Crippen LogP contribution in [0.2, 0.25) is 0 Å². The van der Waals surface area contributed by atoms with Crippen LogP contribution in [0, 0.1) is 0 Å². The van der Waals surface area contributed by atoms with Crippen molar-refractivity contribution in [3.8, 4) is 0 Å². The van der Waals surface area contributed by atoms with Gasteiger partial charge in [-0.1, -0.05) is 37.6 Å². The van der Waals surface area contributed by atoms with Gasteiger partial charge < -0.3 is 0 Å². The van der Waals surface area contributed by atoms with Gasteiger partial charge in [-0.15, -0.1) is 0 Å². The van der Waals surface area contributed by atoms with E-state index in [1.54, 1.807) is 0 Å². The Morgan fingerprint density at radius 1 is 1.12 bits per heavy atom. The Morgan fingerprint density at radius 2 is 1.71 bits per heavy atom. The molecule has 0 amide bonds. The van der Waals surface area contributed by atoms with Crippen LogP contribution in [0.5, 0.6) is 0 Å². The van der Waals surface area contributed by atoms with E-state index in [0.717, 1.165) is 17.2 Å². The third-order valence-electron chi connectivity index (χ3n) is 2.73. The Morgan fingerprint density at radius 3 is 2.24 bits per heavy atom. The molecule has 0 unspecified atom stereocenters. The van der Waals surface area contributed by atoms with Crippen molar-refractivity contribution in [3.63, 3.8) is 0 Å². The third-order valence-corrected chi connectivity index (χ3v) is 3.66. The number of benzene rings is 2. The summed E-state index contributed by atoms with van der Waals surface area (Å²) in [7, 11) is -4.15. The van der Waals surface area contributed by atoms with Gasteiger partial charge in [0.15, 0.2) is 0 Å². The molecule has 2 rings (SSSR count). The van der Waals surface area contributed by atoms with Crippen molar-refractivity contribution in [3.05, 3.63) is 42.0 Å². The molecule has 0 radical (unpaired) electrons. The summed E-state index contributed by atoms with van der Waals surface area (Å²) >= 11 is 0. The lowest BCUT2D eigenvalue weighted by Crippen LogP contribution is -2.03. The van der Waals surface area contributed by atoms with Gasteiger partial charge in [0.1, 0.15) is 0 Å². The largest absolute Gasteiger partial charge is 0.294 e. The minimum absolute atomic E-state index is 0.0260. The molecule has 0 saturated carbocycles. The molecule has 0 bridgehead atoms.